The highest BCUT2D eigenvalue weighted by atomic mass is 16.6. The van der Waals surface area contributed by atoms with Gasteiger partial charge in [0.25, 0.3) is 0 Å². The van der Waals surface area contributed by atoms with E-state index in [1.807, 2.05) is 20.8 Å². The SMILES string of the molecule is CC(C)(C)OC(=O)N1CCC(=O)C(CCCCCO)C1. The van der Waals surface area contributed by atoms with E-state index in [4.69, 9.17) is 9.84 Å². The molecule has 1 aliphatic heterocycles. The van der Waals surface area contributed by atoms with Crippen LogP contribution in [-0.4, -0.2) is 47.2 Å². The van der Waals surface area contributed by atoms with Crippen LogP contribution in [-0.2, 0) is 9.53 Å². The van der Waals surface area contributed by atoms with Gasteiger partial charge in [0.05, 0.1) is 0 Å². The molecule has 1 N–H and O–H groups in total. The average molecular weight is 285 g/mol. The summed E-state index contributed by atoms with van der Waals surface area (Å²) in [7, 11) is 0. The maximum absolute atomic E-state index is 12.0. The summed E-state index contributed by atoms with van der Waals surface area (Å²) in [6.07, 6.45) is 3.50. The molecule has 0 aromatic heterocycles. The Morgan fingerprint density at radius 1 is 1.35 bits per heavy atom. The van der Waals surface area contributed by atoms with E-state index in [-0.39, 0.29) is 24.4 Å². The summed E-state index contributed by atoms with van der Waals surface area (Å²) in [5, 5.41) is 8.74. The van der Waals surface area contributed by atoms with Gasteiger partial charge in [0, 0.05) is 32.0 Å². The minimum absolute atomic E-state index is 0.0741. The molecule has 20 heavy (non-hydrogen) atoms. The highest BCUT2D eigenvalue weighted by Gasteiger charge is 2.31. The first-order valence-electron chi connectivity index (χ1n) is 7.45. The van der Waals surface area contributed by atoms with Crippen molar-refractivity contribution >= 4 is 11.9 Å². The predicted molar refractivity (Wildman–Crippen MR) is 76.5 cm³/mol. The number of amides is 1. The van der Waals surface area contributed by atoms with Crippen molar-refractivity contribution in [3.05, 3.63) is 0 Å². The first-order chi connectivity index (χ1) is 9.33. The number of piperidine rings is 1. The molecule has 1 rings (SSSR count). The summed E-state index contributed by atoms with van der Waals surface area (Å²) in [6.45, 7) is 6.64. The standard InChI is InChI=1S/C15H27NO4/c1-15(2,3)20-14(19)16-9-8-13(18)12(11-16)7-5-4-6-10-17/h12,17H,4-11H2,1-3H3. The van der Waals surface area contributed by atoms with Gasteiger partial charge in [-0.05, 0) is 33.6 Å². The number of carbonyl (C=O) groups excluding carboxylic acids is 2. The van der Waals surface area contributed by atoms with Crippen LogP contribution in [0.15, 0.2) is 0 Å². The summed E-state index contributed by atoms with van der Waals surface area (Å²) in [5.41, 5.74) is -0.505. The lowest BCUT2D eigenvalue weighted by molar-refractivity contribution is -0.126. The molecule has 0 saturated carbocycles. The molecule has 0 aromatic rings. The molecule has 1 fully saturated rings. The summed E-state index contributed by atoms with van der Waals surface area (Å²) in [4.78, 5) is 25.5. The summed E-state index contributed by atoms with van der Waals surface area (Å²) < 4.78 is 5.35. The first-order valence-corrected chi connectivity index (χ1v) is 7.45. The third-order valence-electron chi connectivity index (χ3n) is 3.39. The number of likely N-dealkylation sites (tertiary alicyclic amines) is 1. The number of hydrogen-bond donors (Lipinski definition) is 1. The monoisotopic (exact) mass is 285 g/mol. The Labute approximate surface area is 121 Å². The summed E-state index contributed by atoms with van der Waals surface area (Å²) >= 11 is 0. The van der Waals surface area contributed by atoms with E-state index in [1.54, 1.807) is 4.90 Å². The van der Waals surface area contributed by atoms with E-state index in [0.717, 1.165) is 25.7 Å². The average Bonchev–Trinajstić information content (AvgIpc) is 2.34. The molecule has 0 aromatic carbocycles. The molecular formula is C15H27NO4. The van der Waals surface area contributed by atoms with Crippen LogP contribution >= 0.6 is 0 Å². The molecule has 5 nitrogen and oxygen atoms in total. The Bertz CT molecular complexity index is 335. The second-order valence-electron chi connectivity index (χ2n) is 6.41. The van der Waals surface area contributed by atoms with Crippen LogP contribution in [0.2, 0.25) is 0 Å². The topological polar surface area (TPSA) is 66.8 Å². The van der Waals surface area contributed by atoms with Crippen molar-refractivity contribution in [2.75, 3.05) is 19.7 Å². The third kappa shape index (κ3) is 5.90. The Balaban J connectivity index is 2.44. The van der Waals surface area contributed by atoms with E-state index in [0.29, 0.717) is 19.5 Å². The maximum atomic E-state index is 12.0. The Kier molecular flexibility index (Phi) is 6.46. The van der Waals surface area contributed by atoms with Crippen molar-refractivity contribution in [2.24, 2.45) is 5.92 Å². The number of aliphatic hydroxyl groups excluding tert-OH is 1. The van der Waals surface area contributed by atoms with E-state index >= 15 is 0 Å². The van der Waals surface area contributed by atoms with Gasteiger partial charge in [0.15, 0.2) is 0 Å². The van der Waals surface area contributed by atoms with Crippen molar-refractivity contribution in [3.63, 3.8) is 0 Å². The number of aliphatic hydroxyl groups is 1. The van der Waals surface area contributed by atoms with Crippen LogP contribution in [0.3, 0.4) is 0 Å². The molecule has 0 aliphatic carbocycles. The third-order valence-corrected chi connectivity index (χ3v) is 3.39. The van der Waals surface area contributed by atoms with Gasteiger partial charge < -0.3 is 14.7 Å². The fraction of sp³-hybridized carbons (Fsp3) is 0.867. The lowest BCUT2D eigenvalue weighted by Crippen LogP contribution is -2.46. The fourth-order valence-corrected chi connectivity index (χ4v) is 2.33. The largest absolute Gasteiger partial charge is 0.444 e. The number of ketones is 1. The summed E-state index contributed by atoms with van der Waals surface area (Å²) in [6, 6.07) is 0. The van der Waals surface area contributed by atoms with Crippen LogP contribution in [0.25, 0.3) is 0 Å². The Morgan fingerprint density at radius 3 is 2.65 bits per heavy atom. The Morgan fingerprint density at radius 2 is 2.05 bits per heavy atom. The molecule has 0 bridgehead atoms. The Hall–Kier alpha value is -1.10. The van der Waals surface area contributed by atoms with Crippen molar-refractivity contribution in [2.45, 2.75) is 58.5 Å². The number of Topliss-reactive ketones (excluding diaryl/α,β-unsaturated/α-hetero) is 1. The van der Waals surface area contributed by atoms with Crippen molar-refractivity contribution in [1.82, 2.24) is 4.90 Å². The number of hydrogen-bond acceptors (Lipinski definition) is 4. The zero-order chi connectivity index (χ0) is 15.2. The minimum Gasteiger partial charge on any atom is -0.444 e. The van der Waals surface area contributed by atoms with Gasteiger partial charge in [0.2, 0.25) is 0 Å². The van der Waals surface area contributed by atoms with Crippen LogP contribution < -0.4 is 0 Å². The molecule has 1 heterocycles. The number of carbonyl (C=O) groups is 2. The molecule has 0 spiro atoms. The molecule has 1 saturated heterocycles. The number of unbranched alkanes of at least 4 members (excludes halogenated alkanes) is 2. The molecular weight excluding hydrogens is 258 g/mol. The second kappa shape index (κ2) is 7.62. The lowest BCUT2D eigenvalue weighted by atomic mass is 9.91. The van der Waals surface area contributed by atoms with Crippen molar-refractivity contribution in [1.29, 1.82) is 0 Å². The van der Waals surface area contributed by atoms with E-state index in [9.17, 15) is 9.59 Å². The maximum Gasteiger partial charge on any atom is 0.410 e. The zero-order valence-electron chi connectivity index (χ0n) is 12.9. The van der Waals surface area contributed by atoms with E-state index in [1.165, 1.54) is 0 Å². The number of rotatable bonds is 5. The van der Waals surface area contributed by atoms with Crippen LogP contribution in [0.1, 0.15) is 52.9 Å². The highest BCUT2D eigenvalue weighted by Crippen LogP contribution is 2.21. The van der Waals surface area contributed by atoms with Gasteiger partial charge in [-0.1, -0.05) is 12.8 Å². The zero-order valence-corrected chi connectivity index (χ0v) is 12.9. The van der Waals surface area contributed by atoms with Gasteiger partial charge in [-0.2, -0.15) is 0 Å². The van der Waals surface area contributed by atoms with Gasteiger partial charge in [-0.15, -0.1) is 0 Å². The molecule has 1 atom stereocenters. The number of nitrogens with zero attached hydrogens (tertiary/aromatic N) is 1. The molecule has 0 radical (unpaired) electrons. The van der Waals surface area contributed by atoms with E-state index in [2.05, 4.69) is 0 Å². The van der Waals surface area contributed by atoms with Crippen LogP contribution in [0, 0.1) is 5.92 Å². The molecule has 5 heteroatoms. The first kappa shape index (κ1) is 17.0. The van der Waals surface area contributed by atoms with Crippen LogP contribution in [0.4, 0.5) is 4.79 Å². The molecule has 116 valence electrons. The van der Waals surface area contributed by atoms with Gasteiger partial charge in [0.1, 0.15) is 11.4 Å². The van der Waals surface area contributed by atoms with Crippen molar-refractivity contribution < 1.29 is 19.4 Å². The quantitative estimate of drug-likeness (QED) is 0.787. The minimum atomic E-state index is -0.505. The number of ether oxygens (including phenoxy) is 1. The van der Waals surface area contributed by atoms with Crippen LogP contribution in [0.5, 0.6) is 0 Å². The highest BCUT2D eigenvalue weighted by molar-refractivity contribution is 5.84. The van der Waals surface area contributed by atoms with Gasteiger partial charge in [-0.3, -0.25) is 4.79 Å². The summed E-state index contributed by atoms with van der Waals surface area (Å²) in [5.74, 6) is 0.170. The molecule has 1 amide bonds. The predicted octanol–water partition coefficient (Wildman–Crippen LogP) is 2.37. The normalized spacial score (nSPS) is 20.1. The van der Waals surface area contributed by atoms with Crippen molar-refractivity contribution in [3.8, 4) is 0 Å². The van der Waals surface area contributed by atoms with E-state index < -0.39 is 5.60 Å². The molecule has 1 aliphatic rings. The molecule has 1 unspecified atom stereocenters. The van der Waals surface area contributed by atoms with Gasteiger partial charge in [-0.25, -0.2) is 4.79 Å². The lowest BCUT2D eigenvalue weighted by Gasteiger charge is -2.33. The fourth-order valence-electron chi connectivity index (χ4n) is 2.33. The van der Waals surface area contributed by atoms with Gasteiger partial charge >= 0.3 is 6.09 Å². The second-order valence-corrected chi connectivity index (χ2v) is 6.41. The smallest absolute Gasteiger partial charge is 0.410 e.